The second-order valence-corrected chi connectivity index (χ2v) is 5.82. The Kier molecular flexibility index (Phi) is 4.89. The lowest BCUT2D eigenvalue weighted by atomic mass is 9.89. The largest absolute Gasteiger partial charge is 0.508 e. The van der Waals surface area contributed by atoms with Gasteiger partial charge in [0, 0.05) is 29.8 Å². The molecule has 0 aromatic heterocycles. The number of aromatic hydroxyl groups is 2. The summed E-state index contributed by atoms with van der Waals surface area (Å²) in [7, 11) is 0. The fourth-order valence-electron chi connectivity index (χ4n) is 3.35. The highest BCUT2D eigenvalue weighted by molar-refractivity contribution is 5.40. The maximum absolute atomic E-state index is 10.0. The molecule has 0 heterocycles. The molecule has 1 aliphatic carbocycles. The zero-order valence-corrected chi connectivity index (χ0v) is 12.4. The normalized spacial score (nSPS) is 24.8. The Labute approximate surface area is 121 Å². The van der Waals surface area contributed by atoms with Gasteiger partial charge in [0.1, 0.15) is 11.5 Å². The van der Waals surface area contributed by atoms with Crippen LogP contribution in [0.25, 0.3) is 0 Å². The minimum atomic E-state index is 0.102. The molecule has 0 saturated heterocycles. The second kappa shape index (κ2) is 6.46. The number of nitrogens with two attached hydrogens (primary N) is 1. The Balaban J connectivity index is 2.14. The van der Waals surface area contributed by atoms with Gasteiger partial charge in [-0.1, -0.05) is 13.0 Å². The van der Waals surface area contributed by atoms with Crippen LogP contribution in [0.4, 0.5) is 0 Å². The van der Waals surface area contributed by atoms with E-state index in [9.17, 15) is 10.2 Å². The van der Waals surface area contributed by atoms with Crippen molar-refractivity contribution in [1.82, 2.24) is 4.90 Å². The summed E-state index contributed by atoms with van der Waals surface area (Å²) in [6, 6.07) is 5.88. The van der Waals surface area contributed by atoms with E-state index < -0.39 is 0 Å². The van der Waals surface area contributed by atoms with Crippen LogP contribution in [0.3, 0.4) is 0 Å². The van der Waals surface area contributed by atoms with Gasteiger partial charge in [0.25, 0.3) is 0 Å². The molecule has 0 bridgehead atoms. The molecule has 0 spiro atoms. The summed E-state index contributed by atoms with van der Waals surface area (Å²) >= 11 is 0. The highest BCUT2D eigenvalue weighted by atomic mass is 16.3. The van der Waals surface area contributed by atoms with Gasteiger partial charge < -0.3 is 15.9 Å². The second-order valence-electron chi connectivity index (χ2n) is 5.82. The maximum Gasteiger partial charge on any atom is 0.124 e. The van der Waals surface area contributed by atoms with E-state index in [4.69, 9.17) is 5.73 Å². The molecule has 0 amide bonds. The van der Waals surface area contributed by atoms with Gasteiger partial charge in [-0.25, -0.2) is 0 Å². The minimum absolute atomic E-state index is 0.102. The van der Waals surface area contributed by atoms with Crippen molar-refractivity contribution in [2.45, 2.75) is 57.7 Å². The average molecular weight is 278 g/mol. The van der Waals surface area contributed by atoms with E-state index in [0.717, 1.165) is 37.8 Å². The summed E-state index contributed by atoms with van der Waals surface area (Å²) in [6.45, 7) is 5.22. The SMILES string of the molecule is CCN(C1CCC(N)CC1)C(C)c1ccc(O)cc1O. The fraction of sp³-hybridized carbons (Fsp3) is 0.625. The maximum atomic E-state index is 10.0. The lowest BCUT2D eigenvalue weighted by Crippen LogP contribution is -2.42. The molecule has 1 aliphatic rings. The molecule has 1 atom stereocenters. The van der Waals surface area contributed by atoms with Crippen molar-refractivity contribution in [3.8, 4) is 11.5 Å². The average Bonchev–Trinajstić information content (AvgIpc) is 2.41. The van der Waals surface area contributed by atoms with E-state index in [1.807, 2.05) is 6.07 Å². The monoisotopic (exact) mass is 278 g/mol. The van der Waals surface area contributed by atoms with E-state index in [0.29, 0.717) is 12.1 Å². The van der Waals surface area contributed by atoms with Crippen molar-refractivity contribution >= 4 is 0 Å². The molecule has 1 saturated carbocycles. The highest BCUT2D eigenvalue weighted by Crippen LogP contribution is 2.34. The Hall–Kier alpha value is -1.26. The zero-order valence-electron chi connectivity index (χ0n) is 12.4. The molecule has 4 nitrogen and oxygen atoms in total. The van der Waals surface area contributed by atoms with Gasteiger partial charge in [-0.15, -0.1) is 0 Å². The smallest absolute Gasteiger partial charge is 0.124 e. The Morgan fingerprint density at radius 1 is 1.25 bits per heavy atom. The molecule has 0 aliphatic heterocycles. The molecule has 1 aromatic carbocycles. The molecule has 112 valence electrons. The van der Waals surface area contributed by atoms with E-state index in [1.54, 1.807) is 6.07 Å². The van der Waals surface area contributed by atoms with Crippen LogP contribution in [0.1, 0.15) is 51.1 Å². The van der Waals surface area contributed by atoms with Gasteiger partial charge in [0.15, 0.2) is 0 Å². The zero-order chi connectivity index (χ0) is 14.7. The van der Waals surface area contributed by atoms with Gasteiger partial charge in [-0.3, -0.25) is 4.90 Å². The molecular weight excluding hydrogens is 252 g/mol. The van der Waals surface area contributed by atoms with E-state index in [-0.39, 0.29) is 17.5 Å². The van der Waals surface area contributed by atoms with Crippen LogP contribution >= 0.6 is 0 Å². The van der Waals surface area contributed by atoms with Crippen LogP contribution in [0.2, 0.25) is 0 Å². The lowest BCUT2D eigenvalue weighted by molar-refractivity contribution is 0.113. The van der Waals surface area contributed by atoms with Crippen molar-refractivity contribution < 1.29 is 10.2 Å². The molecule has 4 N–H and O–H groups in total. The summed E-state index contributed by atoms with van der Waals surface area (Å²) in [5.74, 6) is 0.272. The Bertz CT molecular complexity index is 442. The summed E-state index contributed by atoms with van der Waals surface area (Å²) in [6.07, 6.45) is 4.40. The third-order valence-corrected chi connectivity index (χ3v) is 4.54. The fourth-order valence-corrected chi connectivity index (χ4v) is 3.35. The summed E-state index contributed by atoms with van der Waals surface area (Å²) in [5.41, 5.74) is 6.85. The van der Waals surface area contributed by atoms with Crippen LogP contribution < -0.4 is 5.73 Å². The molecule has 1 unspecified atom stereocenters. The van der Waals surface area contributed by atoms with Gasteiger partial charge in [-0.2, -0.15) is 0 Å². The molecule has 0 radical (unpaired) electrons. The number of hydrogen-bond acceptors (Lipinski definition) is 4. The Morgan fingerprint density at radius 2 is 1.90 bits per heavy atom. The summed E-state index contributed by atoms with van der Waals surface area (Å²) in [5, 5.41) is 19.4. The van der Waals surface area contributed by atoms with Crippen LogP contribution in [0.5, 0.6) is 11.5 Å². The third-order valence-electron chi connectivity index (χ3n) is 4.54. The van der Waals surface area contributed by atoms with Crippen molar-refractivity contribution in [2.24, 2.45) is 5.73 Å². The predicted molar refractivity (Wildman–Crippen MR) is 80.8 cm³/mol. The first-order valence-electron chi connectivity index (χ1n) is 7.56. The van der Waals surface area contributed by atoms with Crippen molar-refractivity contribution in [1.29, 1.82) is 0 Å². The van der Waals surface area contributed by atoms with Crippen molar-refractivity contribution in [3.05, 3.63) is 23.8 Å². The standard InChI is InChI=1S/C16H26N2O2/c1-3-18(13-6-4-12(17)5-7-13)11(2)15-9-8-14(19)10-16(15)20/h8-13,19-20H,3-7,17H2,1-2H3. The summed E-state index contributed by atoms with van der Waals surface area (Å²) < 4.78 is 0. The highest BCUT2D eigenvalue weighted by Gasteiger charge is 2.28. The van der Waals surface area contributed by atoms with Gasteiger partial charge in [0.05, 0.1) is 0 Å². The van der Waals surface area contributed by atoms with Crippen LogP contribution in [0, 0.1) is 0 Å². The number of phenolic OH excluding ortho intramolecular Hbond substituents is 2. The van der Waals surface area contributed by atoms with E-state index >= 15 is 0 Å². The van der Waals surface area contributed by atoms with Crippen molar-refractivity contribution in [3.63, 3.8) is 0 Å². The van der Waals surface area contributed by atoms with Gasteiger partial charge in [0.2, 0.25) is 0 Å². The lowest BCUT2D eigenvalue weighted by Gasteiger charge is -2.39. The van der Waals surface area contributed by atoms with Gasteiger partial charge in [-0.05, 0) is 45.2 Å². The number of rotatable bonds is 4. The first-order valence-corrected chi connectivity index (χ1v) is 7.56. The third kappa shape index (κ3) is 3.25. The van der Waals surface area contributed by atoms with E-state index in [2.05, 4.69) is 18.7 Å². The Morgan fingerprint density at radius 3 is 2.45 bits per heavy atom. The molecule has 1 fully saturated rings. The summed E-state index contributed by atoms with van der Waals surface area (Å²) in [4.78, 5) is 2.43. The molecule has 2 rings (SSSR count). The number of phenols is 2. The number of nitrogens with zero attached hydrogens (tertiary/aromatic N) is 1. The predicted octanol–water partition coefficient (Wildman–Crippen LogP) is 2.75. The van der Waals surface area contributed by atoms with Crippen LogP contribution in [-0.4, -0.2) is 33.7 Å². The first kappa shape index (κ1) is 15.1. The minimum Gasteiger partial charge on any atom is -0.508 e. The molecular formula is C16H26N2O2. The number of hydrogen-bond donors (Lipinski definition) is 3. The van der Waals surface area contributed by atoms with Crippen LogP contribution in [-0.2, 0) is 0 Å². The molecule has 1 aromatic rings. The van der Waals surface area contributed by atoms with Crippen molar-refractivity contribution in [2.75, 3.05) is 6.54 Å². The van der Waals surface area contributed by atoms with E-state index in [1.165, 1.54) is 6.07 Å². The first-order chi connectivity index (χ1) is 9.52. The topological polar surface area (TPSA) is 69.7 Å². The number of benzene rings is 1. The molecule has 20 heavy (non-hydrogen) atoms. The molecule has 4 heteroatoms. The van der Waals surface area contributed by atoms with Gasteiger partial charge >= 0.3 is 0 Å². The van der Waals surface area contributed by atoms with Crippen LogP contribution in [0.15, 0.2) is 18.2 Å². The quantitative estimate of drug-likeness (QED) is 0.792.